The lowest BCUT2D eigenvalue weighted by atomic mass is 10.2. The highest BCUT2D eigenvalue weighted by atomic mass is 32.1. The fourth-order valence-electron chi connectivity index (χ4n) is 2.78. The van der Waals surface area contributed by atoms with Crippen molar-refractivity contribution in [1.29, 1.82) is 0 Å². The van der Waals surface area contributed by atoms with Crippen molar-refractivity contribution < 1.29 is 28.9 Å². The number of aromatic nitrogens is 1. The van der Waals surface area contributed by atoms with Crippen molar-refractivity contribution in [3.05, 3.63) is 29.3 Å². The van der Waals surface area contributed by atoms with Gasteiger partial charge in [0.05, 0.1) is 39.5 Å². The van der Waals surface area contributed by atoms with Crippen LogP contribution < -0.4 is 9.47 Å². The molecular weight excluding hydrogens is 372 g/mol. The van der Waals surface area contributed by atoms with E-state index >= 15 is 0 Å². The van der Waals surface area contributed by atoms with Crippen LogP contribution in [-0.4, -0.2) is 66.9 Å². The van der Waals surface area contributed by atoms with E-state index in [-0.39, 0.29) is 25.5 Å². The second kappa shape index (κ2) is 8.36. The summed E-state index contributed by atoms with van der Waals surface area (Å²) in [4.78, 5) is 29.6. The van der Waals surface area contributed by atoms with Crippen LogP contribution in [0, 0.1) is 0 Å². The minimum absolute atomic E-state index is 0.0564. The molecule has 0 spiro atoms. The molecule has 3 rings (SSSR count). The van der Waals surface area contributed by atoms with Crippen LogP contribution in [0.25, 0.3) is 10.6 Å². The quantitative estimate of drug-likeness (QED) is 0.799. The smallest absolute Gasteiger partial charge is 0.334 e. The van der Waals surface area contributed by atoms with Crippen LogP contribution in [-0.2, 0) is 20.7 Å². The summed E-state index contributed by atoms with van der Waals surface area (Å²) in [6, 6.07) is 5.52. The Morgan fingerprint density at radius 2 is 2.11 bits per heavy atom. The Hall–Kier alpha value is -2.65. The van der Waals surface area contributed by atoms with Crippen molar-refractivity contribution in [3.8, 4) is 22.1 Å². The SMILES string of the molecule is COc1ccc(-c2nc(CC(=O)N3CCOC(C(=O)O)C3)cs2)cc1OC. The molecule has 1 aromatic heterocycles. The first-order valence-corrected chi connectivity index (χ1v) is 9.18. The summed E-state index contributed by atoms with van der Waals surface area (Å²) < 4.78 is 15.7. The van der Waals surface area contributed by atoms with E-state index in [0.717, 1.165) is 10.6 Å². The molecule has 0 radical (unpaired) electrons. The summed E-state index contributed by atoms with van der Waals surface area (Å²) in [7, 11) is 3.14. The summed E-state index contributed by atoms with van der Waals surface area (Å²) in [5.41, 5.74) is 1.52. The predicted octanol–water partition coefficient (Wildman–Crippen LogP) is 1.68. The van der Waals surface area contributed by atoms with E-state index in [1.807, 2.05) is 17.5 Å². The highest BCUT2D eigenvalue weighted by Gasteiger charge is 2.29. The molecule has 144 valence electrons. The molecule has 27 heavy (non-hydrogen) atoms. The molecular formula is C18H20N2O6S. The number of nitrogens with zero attached hydrogens (tertiary/aromatic N) is 2. The molecule has 8 nitrogen and oxygen atoms in total. The zero-order valence-corrected chi connectivity index (χ0v) is 15.8. The number of rotatable bonds is 6. The Morgan fingerprint density at radius 1 is 1.33 bits per heavy atom. The van der Waals surface area contributed by atoms with Crippen LogP contribution in [0.2, 0.25) is 0 Å². The van der Waals surface area contributed by atoms with Crippen molar-refractivity contribution in [2.75, 3.05) is 33.9 Å². The number of carbonyl (C=O) groups excluding carboxylic acids is 1. The van der Waals surface area contributed by atoms with E-state index in [9.17, 15) is 9.59 Å². The molecule has 0 saturated carbocycles. The Morgan fingerprint density at radius 3 is 2.81 bits per heavy atom. The first-order valence-electron chi connectivity index (χ1n) is 8.30. The van der Waals surface area contributed by atoms with E-state index in [2.05, 4.69) is 4.98 Å². The summed E-state index contributed by atoms with van der Waals surface area (Å²) in [5.74, 6) is 0.0231. The zero-order chi connectivity index (χ0) is 19.4. The first kappa shape index (κ1) is 19.1. The Labute approximate surface area is 160 Å². The molecule has 0 bridgehead atoms. The summed E-state index contributed by atoms with van der Waals surface area (Å²) in [5, 5.41) is 11.6. The summed E-state index contributed by atoms with van der Waals surface area (Å²) in [6.07, 6.45) is -0.851. The number of carboxylic acids is 1. The molecule has 1 unspecified atom stereocenters. The fraction of sp³-hybridized carbons (Fsp3) is 0.389. The first-order chi connectivity index (χ1) is 13.0. The van der Waals surface area contributed by atoms with Gasteiger partial charge in [-0.25, -0.2) is 9.78 Å². The van der Waals surface area contributed by atoms with E-state index in [1.54, 1.807) is 20.3 Å². The molecule has 1 saturated heterocycles. The van der Waals surface area contributed by atoms with Crippen molar-refractivity contribution in [1.82, 2.24) is 9.88 Å². The lowest BCUT2D eigenvalue weighted by Crippen LogP contribution is -2.49. The standard InChI is InChI=1S/C18H20N2O6S/c1-24-13-4-3-11(7-14(13)25-2)17-19-12(10-27-17)8-16(21)20-5-6-26-15(9-20)18(22)23/h3-4,7,10,15H,5-6,8-9H2,1-2H3,(H,22,23). The van der Waals surface area contributed by atoms with Gasteiger partial charge in [-0.05, 0) is 18.2 Å². The molecule has 1 aliphatic rings. The van der Waals surface area contributed by atoms with Gasteiger partial charge >= 0.3 is 5.97 Å². The molecule has 9 heteroatoms. The number of ether oxygens (including phenoxy) is 3. The average Bonchev–Trinajstić information content (AvgIpc) is 3.15. The molecule has 1 atom stereocenters. The highest BCUT2D eigenvalue weighted by Crippen LogP contribution is 2.33. The van der Waals surface area contributed by atoms with Crippen LogP contribution in [0.1, 0.15) is 5.69 Å². The largest absolute Gasteiger partial charge is 0.493 e. The van der Waals surface area contributed by atoms with Crippen LogP contribution >= 0.6 is 11.3 Å². The molecule has 1 N–H and O–H groups in total. The molecule has 0 aliphatic carbocycles. The van der Waals surface area contributed by atoms with Crippen LogP contribution in [0.5, 0.6) is 11.5 Å². The molecule has 1 fully saturated rings. The molecule has 2 heterocycles. The van der Waals surface area contributed by atoms with E-state index < -0.39 is 12.1 Å². The number of hydrogen-bond donors (Lipinski definition) is 1. The van der Waals surface area contributed by atoms with Gasteiger partial charge in [-0.1, -0.05) is 0 Å². The van der Waals surface area contributed by atoms with Crippen LogP contribution in [0.4, 0.5) is 0 Å². The minimum Gasteiger partial charge on any atom is -0.493 e. The lowest BCUT2D eigenvalue weighted by molar-refractivity contribution is -0.159. The molecule has 1 amide bonds. The van der Waals surface area contributed by atoms with Crippen molar-refractivity contribution in [3.63, 3.8) is 0 Å². The van der Waals surface area contributed by atoms with Gasteiger partial charge in [-0.15, -0.1) is 11.3 Å². The topological polar surface area (TPSA) is 98.2 Å². The van der Waals surface area contributed by atoms with Gasteiger partial charge in [0.2, 0.25) is 5.91 Å². The Kier molecular flexibility index (Phi) is 5.92. The van der Waals surface area contributed by atoms with Gasteiger partial charge in [0, 0.05) is 17.5 Å². The number of carboxylic acid groups (broad SMARTS) is 1. The number of benzene rings is 1. The zero-order valence-electron chi connectivity index (χ0n) is 15.0. The van der Waals surface area contributed by atoms with Crippen molar-refractivity contribution in [2.45, 2.75) is 12.5 Å². The fourth-order valence-corrected chi connectivity index (χ4v) is 3.60. The second-order valence-corrected chi connectivity index (χ2v) is 6.79. The number of aliphatic carboxylic acids is 1. The molecule has 1 aliphatic heterocycles. The van der Waals surface area contributed by atoms with Gasteiger partial charge in [0.1, 0.15) is 5.01 Å². The van der Waals surface area contributed by atoms with Crippen LogP contribution in [0.15, 0.2) is 23.6 Å². The van der Waals surface area contributed by atoms with Crippen molar-refractivity contribution >= 4 is 23.2 Å². The van der Waals surface area contributed by atoms with Gasteiger partial charge < -0.3 is 24.2 Å². The monoisotopic (exact) mass is 392 g/mol. The van der Waals surface area contributed by atoms with E-state index in [4.69, 9.17) is 19.3 Å². The number of carbonyl (C=O) groups is 2. The van der Waals surface area contributed by atoms with Gasteiger partial charge in [-0.3, -0.25) is 4.79 Å². The maximum Gasteiger partial charge on any atom is 0.334 e. The number of amides is 1. The Balaban J connectivity index is 1.69. The normalized spacial score (nSPS) is 16.8. The number of methoxy groups -OCH3 is 2. The molecule has 1 aromatic carbocycles. The van der Waals surface area contributed by atoms with Gasteiger partial charge in [-0.2, -0.15) is 0 Å². The summed E-state index contributed by atoms with van der Waals surface area (Å²) >= 11 is 1.43. The third-order valence-electron chi connectivity index (χ3n) is 4.21. The maximum absolute atomic E-state index is 12.5. The minimum atomic E-state index is -1.06. The van der Waals surface area contributed by atoms with Gasteiger partial charge in [0.25, 0.3) is 0 Å². The third kappa shape index (κ3) is 4.37. The number of hydrogen-bond acceptors (Lipinski definition) is 7. The predicted molar refractivity (Wildman–Crippen MR) is 98.3 cm³/mol. The number of morpholine rings is 1. The Bertz CT molecular complexity index is 837. The highest BCUT2D eigenvalue weighted by molar-refractivity contribution is 7.13. The molecule has 2 aromatic rings. The van der Waals surface area contributed by atoms with Crippen molar-refractivity contribution in [2.24, 2.45) is 0 Å². The third-order valence-corrected chi connectivity index (χ3v) is 5.15. The van der Waals surface area contributed by atoms with E-state index in [0.29, 0.717) is 23.7 Å². The average molecular weight is 392 g/mol. The van der Waals surface area contributed by atoms with Crippen LogP contribution in [0.3, 0.4) is 0 Å². The summed E-state index contributed by atoms with van der Waals surface area (Å²) in [6.45, 7) is 0.660. The maximum atomic E-state index is 12.5. The lowest BCUT2D eigenvalue weighted by Gasteiger charge is -2.30. The van der Waals surface area contributed by atoms with E-state index in [1.165, 1.54) is 16.2 Å². The number of thiazole rings is 1. The van der Waals surface area contributed by atoms with Gasteiger partial charge in [0.15, 0.2) is 17.6 Å². The second-order valence-electron chi connectivity index (χ2n) is 5.93.